The zero-order valence-electron chi connectivity index (χ0n) is 15.4. The molecule has 0 amide bonds. The van der Waals surface area contributed by atoms with Gasteiger partial charge in [-0.25, -0.2) is 0 Å². The van der Waals surface area contributed by atoms with Gasteiger partial charge in [0.1, 0.15) is 5.75 Å². The summed E-state index contributed by atoms with van der Waals surface area (Å²) in [6.45, 7) is 7.96. The molecule has 1 aromatic rings. The van der Waals surface area contributed by atoms with Crippen LogP contribution in [0, 0.1) is 0 Å². The zero-order valence-corrected chi connectivity index (χ0v) is 15.4. The maximum absolute atomic E-state index is 5.34. The van der Waals surface area contributed by atoms with Crippen LogP contribution in [0.4, 0.5) is 0 Å². The Balaban J connectivity index is 2.90. The molecule has 2 atom stereocenters. The van der Waals surface area contributed by atoms with Crippen LogP contribution in [0.25, 0.3) is 0 Å². The van der Waals surface area contributed by atoms with E-state index < -0.39 is 0 Å². The Kier molecular flexibility index (Phi) is 8.48. The summed E-state index contributed by atoms with van der Waals surface area (Å²) in [7, 11) is 5.85. The molecule has 0 heterocycles. The van der Waals surface area contributed by atoms with Crippen molar-refractivity contribution in [2.24, 2.45) is 4.99 Å². The summed E-state index contributed by atoms with van der Waals surface area (Å²) in [6, 6.07) is 8.80. The third kappa shape index (κ3) is 6.48. The molecule has 5 heteroatoms. The van der Waals surface area contributed by atoms with E-state index in [2.05, 4.69) is 62.5 Å². The maximum atomic E-state index is 5.34. The molecule has 1 rings (SSSR count). The molecule has 2 unspecified atom stereocenters. The van der Waals surface area contributed by atoms with Gasteiger partial charge < -0.3 is 20.3 Å². The zero-order chi connectivity index (χ0) is 17.2. The third-order valence-corrected chi connectivity index (χ3v) is 3.86. The van der Waals surface area contributed by atoms with Gasteiger partial charge in [-0.05, 0) is 52.1 Å². The second kappa shape index (κ2) is 10.1. The first kappa shape index (κ1) is 19.3. The van der Waals surface area contributed by atoms with E-state index in [1.807, 2.05) is 12.1 Å². The lowest BCUT2D eigenvalue weighted by Crippen LogP contribution is -2.42. The highest BCUT2D eigenvalue weighted by molar-refractivity contribution is 5.80. The van der Waals surface area contributed by atoms with Crippen LogP contribution in [0.3, 0.4) is 0 Å². The molecule has 0 bridgehead atoms. The SMILES string of the molecule is CCNC(=NCC(c1cccc(OC)c1)N(C)C)NC(C)CC. The Labute approximate surface area is 141 Å². The van der Waals surface area contributed by atoms with Crippen molar-refractivity contribution < 1.29 is 4.74 Å². The minimum absolute atomic E-state index is 0.206. The lowest BCUT2D eigenvalue weighted by atomic mass is 10.1. The Morgan fingerprint density at radius 2 is 2.04 bits per heavy atom. The number of hydrogen-bond donors (Lipinski definition) is 2. The molecule has 1 aromatic carbocycles. The van der Waals surface area contributed by atoms with Gasteiger partial charge in [0.15, 0.2) is 5.96 Å². The molecule has 130 valence electrons. The van der Waals surface area contributed by atoms with Crippen molar-refractivity contribution in [1.82, 2.24) is 15.5 Å². The molecule has 0 saturated carbocycles. The summed E-state index contributed by atoms with van der Waals surface area (Å²) in [4.78, 5) is 6.95. The fourth-order valence-electron chi connectivity index (χ4n) is 2.25. The van der Waals surface area contributed by atoms with Crippen molar-refractivity contribution in [3.05, 3.63) is 29.8 Å². The molecule has 0 fully saturated rings. The van der Waals surface area contributed by atoms with Gasteiger partial charge in [0.25, 0.3) is 0 Å². The highest BCUT2D eigenvalue weighted by Crippen LogP contribution is 2.22. The number of nitrogens with one attached hydrogen (secondary N) is 2. The van der Waals surface area contributed by atoms with Crippen molar-refractivity contribution in [2.45, 2.75) is 39.3 Å². The van der Waals surface area contributed by atoms with Gasteiger partial charge >= 0.3 is 0 Å². The van der Waals surface area contributed by atoms with Crippen LogP contribution in [0.1, 0.15) is 38.8 Å². The summed E-state index contributed by atoms with van der Waals surface area (Å²) < 4.78 is 5.34. The first-order valence-electron chi connectivity index (χ1n) is 8.37. The predicted octanol–water partition coefficient (Wildman–Crippen LogP) is 2.65. The number of benzene rings is 1. The molecular weight excluding hydrogens is 288 g/mol. The van der Waals surface area contributed by atoms with Gasteiger partial charge in [0, 0.05) is 12.6 Å². The monoisotopic (exact) mass is 320 g/mol. The molecule has 0 saturated heterocycles. The van der Waals surface area contributed by atoms with E-state index in [-0.39, 0.29) is 6.04 Å². The summed E-state index contributed by atoms with van der Waals surface area (Å²) in [5.41, 5.74) is 1.21. The highest BCUT2D eigenvalue weighted by Gasteiger charge is 2.15. The molecule has 0 spiro atoms. The largest absolute Gasteiger partial charge is 0.497 e. The van der Waals surface area contributed by atoms with Gasteiger partial charge in [0.05, 0.1) is 19.7 Å². The predicted molar refractivity (Wildman–Crippen MR) is 98.3 cm³/mol. The number of aliphatic imine (C=N–C) groups is 1. The van der Waals surface area contributed by atoms with E-state index in [9.17, 15) is 0 Å². The molecular formula is C18H32N4O. The fraction of sp³-hybridized carbons (Fsp3) is 0.611. The number of guanidine groups is 1. The Morgan fingerprint density at radius 1 is 1.30 bits per heavy atom. The second-order valence-electron chi connectivity index (χ2n) is 5.93. The third-order valence-electron chi connectivity index (χ3n) is 3.86. The molecule has 0 aliphatic heterocycles. The maximum Gasteiger partial charge on any atom is 0.191 e. The number of ether oxygens (including phenoxy) is 1. The van der Waals surface area contributed by atoms with Gasteiger partial charge in [-0.1, -0.05) is 19.1 Å². The van der Waals surface area contributed by atoms with Crippen LogP contribution in [-0.4, -0.2) is 51.2 Å². The number of likely N-dealkylation sites (N-methyl/N-ethyl adjacent to an activating group) is 1. The van der Waals surface area contributed by atoms with Crippen molar-refractivity contribution in [2.75, 3.05) is 34.3 Å². The molecule has 0 aromatic heterocycles. The van der Waals surface area contributed by atoms with Crippen LogP contribution >= 0.6 is 0 Å². The molecule has 0 aliphatic carbocycles. The molecule has 2 N–H and O–H groups in total. The van der Waals surface area contributed by atoms with E-state index in [1.165, 1.54) is 5.56 Å². The molecule has 0 aliphatic rings. The lowest BCUT2D eigenvalue weighted by molar-refractivity contribution is 0.305. The number of hydrogen-bond acceptors (Lipinski definition) is 3. The Hall–Kier alpha value is -1.75. The van der Waals surface area contributed by atoms with E-state index >= 15 is 0 Å². The van der Waals surface area contributed by atoms with Crippen molar-refractivity contribution in [3.8, 4) is 5.75 Å². The number of nitrogens with zero attached hydrogens (tertiary/aromatic N) is 2. The van der Waals surface area contributed by atoms with Crippen molar-refractivity contribution in [1.29, 1.82) is 0 Å². The first-order valence-corrected chi connectivity index (χ1v) is 8.37. The number of methoxy groups -OCH3 is 1. The van der Waals surface area contributed by atoms with Gasteiger partial charge in [-0.2, -0.15) is 0 Å². The van der Waals surface area contributed by atoms with Crippen LogP contribution in [0.2, 0.25) is 0 Å². The van der Waals surface area contributed by atoms with E-state index in [0.717, 1.165) is 24.7 Å². The van der Waals surface area contributed by atoms with Crippen LogP contribution in [0.5, 0.6) is 5.75 Å². The van der Waals surface area contributed by atoms with Crippen molar-refractivity contribution >= 4 is 5.96 Å². The van der Waals surface area contributed by atoms with E-state index in [4.69, 9.17) is 9.73 Å². The normalized spacial score (nSPS) is 14.5. The lowest BCUT2D eigenvalue weighted by Gasteiger charge is -2.24. The highest BCUT2D eigenvalue weighted by atomic mass is 16.5. The van der Waals surface area contributed by atoms with Gasteiger partial charge in [-0.3, -0.25) is 4.99 Å². The van der Waals surface area contributed by atoms with Crippen LogP contribution in [0.15, 0.2) is 29.3 Å². The van der Waals surface area contributed by atoms with Crippen molar-refractivity contribution in [3.63, 3.8) is 0 Å². The fourth-order valence-corrected chi connectivity index (χ4v) is 2.25. The second-order valence-corrected chi connectivity index (χ2v) is 5.93. The number of rotatable bonds is 8. The minimum atomic E-state index is 0.206. The standard InChI is InChI=1S/C18H32N4O/c1-7-14(3)21-18(19-8-2)20-13-17(22(4)5)15-10-9-11-16(12-15)23-6/h9-12,14,17H,7-8,13H2,1-6H3,(H2,19,20,21). The smallest absolute Gasteiger partial charge is 0.191 e. The molecule has 5 nitrogen and oxygen atoms in total. The van der Waals surface area contributed by atoms with Crippen LogP contribution < -0.4 is 15.4 Å². The Bertz CT molecular complexity index is 488. The molecule has 23 heavy (non-hydrogen) atoms. The summed E-state index contributed by atoms with van der Waals surface area (Å²) >= 11 is 0. The Morgan fingerprint density at radius 3 is 2.61 bits per heavy atom. The van der Waals surface area contributed by atoms with Gasteiger partial charge in [0.2, 0.25) is 0 Å². The minimum Gasteiger partial charge on any atom is -0.497 e. The van der Waals surface area contributed by atoms with E-state index in [1.54, 1.807) is 7.11 Å². The quantitative estimate of drug-likeness (QED) is 0.571. The summed E-state index contributed by atoms with van der Waals surface area (Å²) in [5.74, 6) is 1.75. The van der Waals surface area contributed by atoms with Crippen LogP contribution in [-0.2, 0) is 0 Å². The summed E-state index contributed by atoms with van der Waals surface area (Å²) in [6.07, 6.45) is 1.07. The average molecular weight is 320 g/mol. The first-order chi connectivity index (χ1) is 11.0. The topological polar surface area (TPSA) is 48.9 Å². The molecule has 0 radical (unpaired) electrons. The van der Waals surface area contributed by atoms with E-state index in [0.29, 0.717) is 12.6 Å². The average Bonchev–Trinajstić information content (AvgIpc) is 2.54. The van der Waals surface area contributed by atoms with Gasteiger partial charge in [-0.15, -0.1) is 0 Å². The summed E-state index contributed by atoms with van der Waals surface area (Å²) in [5, 5.41) is 6.74.